The molecule has 6 aromatic carbocycles. The van der Waals surface area contributed by atoms with Gasteiger partial charge in [0.2, 0.25) is 0 Å². The summed E-state index contributed by atoms with van der Waals surface area (Å²) in [6, 6.07) is 55.8. The van der Waals surface area contributed by atoms with Crippen molar-refractivity contribution in [2.75, 3.05) is 0 Å². The number of para-hydroxylation sites is 4. The second kappa shape index (κ2) is 20.6. The molecule has 0 atom stereocenters. The molecule has 0 unspecified atom stereocenters. The average Bonchev–Trinajstić information content (AvgIpc) is 3.14. The van der Waals surface area contributed by atoms with Crippen molar-refractivity contribution >= 4 is 78.4 Å². The Morgan fingerprint density at radius 1 is 0.408 bits per heavy atom. The Morgan fingerprint density at radius 3 is 1.04 bits per heavy atom. The van der Waals surface area contributed by atoms with Crippen molar-refractivity contribution in [1.29, 1.82) is 0 Å². The Bertz CT molecular complexity index is 1800. The molecule has 0 amide bonds. The number of rotatable bonds is 10. The molecule has 0 bridgehead atoms. The smallest absolute Gasteiger partial charge is 0.657 e. The number of benzene rings is 6. The molecule has 0 N–H and O–H groups in total. The molecule has 7 heteroatoms. The summed E-state index contributed by atoms with van der Waals surface area (Å²) in [5, 5.41) is 9.49. The molecule has 0 aliphatic carbocycles. The molecule has 0 aromatic heterocycles. The zero-order chi connectivity index (χ0) is 33.2. The minimum atomic E-state index is 0. The van der Waals surface area contributed by atoms with Crippen LogP contribution in [0.1, 0.15) is 11.1 Å². The van der Waals surface area contributed by atoms with Gasteiger partial charge in [-0.15, -0.1) is 22.8 Å². The van der Waals surface area contributed by atoms with Gasteiger partial charge in [0.25, 0.3) is 0 Å². The number of allylic oxidation sites excluding steroid dienone is 2. The van der Waals surface area contributed by atoms with E-state index in [0.29, 0.717) is 0 Å². The maximum atomic E-state index is 4.74. The van der Waals surface area contributed by atoms with Crippen LogP contribution >= 0.6 is 31.9 Å². The van der Waals surface area contributed by atoms with E-state index in [9.17, 15) is 0 Å². The number of halogens is 2. The Kier molecular flexibility index (Phi) is 15.5. The van der Waals surface area contributed by atoms with Gasteiger partial charge in [-0.3, -0.25) is 9.98 Å². The predicted octanol–water partition coefficient (Wildman–Crippen LogP) is 13.8. The third kappa shape index (κ3) is 13.0. The normalized spacial score (nSPS) is 11.4. The van der Waals surface area contributed by atoms with E-state index in [1.807, 2.05) is 182 Å². The van der Waals surface area contributed by atoms with E-state index in [0.717, 1.165) is 54.2 Å². The molecule has 4 nitrogen and oxygen atoms in total. The second-order valence-electron chi connectivity index (χ2n) is 10.2. The van der Waals surface area contributed by atoms with Crippen LogP contribution < -0.4 is 0 Å². The monoisotopic (exact) mass is 813 g/mol. The summed E-state index contributed by atoms with van der Waals surface area (Å²) in [7, 11) is 0. The van der Waals surface area contributed by atoms with Crippen molar-refractivity contribution in [3.05, 3.63) is 213 Å². The van der Waals surface area contributed by atoms with Crippen molar-refractivity contribution < 1.29 is 17.1 Å². The van der Waals surface area contributed by atoms with Crippen molar-refractivity contribution in [1.82, 2.24) is 0 Å². The topological polar surface area (TPSA) is 52.9 Å². The number of hydrogen-bond acceptors (Lipinski definition) is 2. The molecule has 6 aromatic rings. The van der Waals surface area contributed by atoms with E-state index >= 15 is 0 Å². The Labute approximate surface area is 316 Å². The van der Waals surface area contributed by atoms with E-state index in [2.05, 4.69) is 41.8 Å². The van der Waals surface area contributed by atoms with E-state index in [4.69, 9.17) is 10.6 Å². The second-order valence-corrected chi connectivity index (χ2v) is 12.1. The van der Waals surface area contributed by atoms with Gasteiger partial charge in [0.15, 0.2) is 0 Å². The quantitative estimate of drug-likeness (QED) is 0.0977. The van der Waals surface area contributed by atoms with Crippen LogP contribution in [0.2, 0.25) is 0 Å². The summed E-state index contributed by atoms with van der Waals surface area (Å²) in [5.41, 5.74) is 7.50. The van der Waals surface area contributed by atoms with Gasteiger partial charge < -0.3 is 10.6 Å². The number of nitrogens with zero attached hydrogens (tertiary/aromatic N) is 4. The third-order valence-electron chi connectivity index (χ3n) is 6.72. The van der Waals surface area contributed by atoms with Gasteiger partial charge in [0.1, 0.15) is 0 Å². The van der Waals surface area contributed by atoms with Crippen molar-refractivity contribution in [2.45, 2.75) is 0 Å². The van der Waals surface area contributed by atoms with Crippen molar-refractivity contribution in [3.8, 4) is 0 Å². The fraction of sp³-hybridized carbons (Fsp3) is 0. The third-order valence-corrected chi connectivity index (χ3v) is 7.77. The summed E-state index contributed by atoms with van der Waals surface area (Å²) >= 11 is 6.94. The van der Waals surface area contributed by atoms with Crippen molar-refractivity contribution in [2.24, 2.45) is 9.98 Å². The first kappa shape index (κ1) is 37.0. The van der Waals surface area contributed by atoms with Gasteiger partial charge in [-0.2, -0.15) is 0 Å². The van der Waals surface area contributed by atoms with Gasteiger partial charge in [0.05, 0.1) is 11.4 Å². The minimum Gasteiger partial charge on any atom is -0.657 e. The first-order chi connectivity index (χ1) is 23.6. The zero-order valence-electron chi connectivity index (χ0n) is 26.3. The zero-order valence-corrected chi connectivity index (χ0v) is 30.4. The van der Waals surface area contributed by atoms with Crippen LogP contribution in [0, 0.1) is 0 Å². The molecule has 0 spiro atoms. The maximum absolute atomic E-state index is 4.74. The molecule has 0 aliphatic heterocycles. The fourth-order valence-electron chi connectivity index (χ4n) is 4.34. The largest absolute Gasteiger partial charge is 2.00 e. The van der Waals surface area contributed by atoms with Crippen LogP contribution in [0.3, 0.4) is 0 Å². The van der Waals surface area contributed by atoms with Gasteiger partial charge in [-0.05, 0) is 59.7 Å². The van der Waals surface area contributed by atoms with E-state index < -0.39 is 0 Å². The average molecular weight is 816 g/mol. The first-order valence-corrected chi connectivity index (χ1v) is 16.9. The molecule has 6 rings (SSSR count). The summed E-state index contributed by atoms with van der Waals surface area (Å²) < 4.78 is 2.09. The minimum absolute atomic E-state index is 0. The molecule has 0 aliphatic rings. The molecular formula is C42H32Br2CuN4. The standard InChI is InChI=1S/2C21H16BrN2.Cu/c2*22-18-13-11-17(12-14-18)21(24-20-9-5-2-6-10-20)15-16-23-19-7-3-1-4-8-19;/h2*1-16H;/q2*-1;+2. The van der Waals surface area contributed by atoms with Crippen LogP contribution in [0.5, 0.6) is 0 Å². The number of aliphatic imine (C=N–C) groups is 2. The van der Waals surface area contributed by atoms with Crippen LogP contribution in [0.15, 0.2) is 201 Å². The Hall–Kier alpha value is -4.78. The van der Waals surface area contributed by atoms with Crippen LogP contribution in [0.25, 0.3) is 22.0 Å². The van der Waals surface area contributed by atoms with Crippen LogP contribution in [-0.2, 0) is 17.1 Å². The summed E-state index contributed by atoms with van der Waals surface area (Å²) in [4.78, 5) is 8.92. The molecule has 245 valence electrons. The van der Waals surface area contributed by atoms with E-state index in [1.165, 1.54) is 0 Å². The van der Waals surface area contributed by atoms with E-state index in [-0.39, 0.29) is 17.1 Å². The summed E-state index contributed by atoms with van der Waals surface area (Å²) in [6.07, 6.45) is 7.45. The molecule has 49 heavy (non-hydrogen) atoms. The van der Waals surface area contributed by atoms with Gasteiger partial charge in [-0.25, -0.2) is 0 Å². The van der Waals surface area contributed by atoms with Crippen LogP contribution in [-0.4, -0.2) is 12.4 Å². The first-order valence-electron chi connectivity index (χ1n) is 15.3. The maximum Gasteiger partial charge on any atom is 2.00 e. The molecule has 0 saturated carbocycles. The molecule has 0 saturated heterocycles. The number of hydrogen-bond donors (Lipinski definition) is 0. The van der Waals surface area contributed by atoms with Crippen molar-refractivity contribution in [3.63, 3.8) is 0 Å². The van der Waals surface area contributed by atoms with E-state index in [1.54, 1.807) is 12.4 Å². The fourth-order valence-corrected chi connectivity index (χ4v) is 4.87. The molecule has 0 fully saturated rings. The van der Waals surface area contributed by atoms with Gasteiger partial charge in [-0.1, -0.05) is 165 Å². The molecule has 0 heterocycles. The molecule has 1 radical (unpaired) electrons. The summed E-state index contributed by atoms with van der Waals surface area (Å²) in [5.74, 6) is 0. The van der Waals surface area contributed by atoms with Gasteiger partial charge >= 0.3 is 17.1 Å². The Morgan fingerprint density at radius 2 is 0.714 bits per heavy atom. The SMILES string of the molecule is Brc1ccc(C(=CC=Nc2ccccc2)[N-]c2ccccc2)cc1.Brc1ccc(C(=CC=Nc2ccccc2)[N-]c2ccccc2)cc1.[Cu+2]. The summed E-state index contributed by atoms with van der Waals surface area (Å²) in [6.45, 7) is 0. The van der Waals surface area contributed by atoms with Gasteiger partial charge in [0, 0.05) is 21.4 Å². The molecular weight excluding hydrogens is 784 g/mol. The predicted molar refractivity (Wildman–Crippen MR) is 212 cm³/mol. The van der Waals surface area contributed by atoms with Crippen LogP contribution in [0.4, 0.5) is 22.7 Å². The Balaban J connectivity index is 0.000000216.